The second-order valence-electron chi connectivity index (χ2n) is 7.11. The first-order valence-corrected chi connectivity index (χ1v) is 9.34. The van der Waals surface area contributed by atoms with Crippen LogP contribution in [0.1, 0.15) is 18.4 Å². The van der Waals surface area contributed by atoms with Gasteiger partial charge >= 0.3 is 0 Å². The maximum Gasteiger partial charge on any atom is 0.213 e. The molecule has 3 atom stereocenters. The van der Waals surface area contributed by atoms with E-state index in [2.05, 4.69) is 22.0 Å². The van der Waals surface area contributed by atoms with E-state index in [9.17, 15) is 0 Å². The fourth-order valence-electron chi connectivity index (χ4n) is 4.06. The average molecular weight is 354 g/mol. The number of rotatable bonds is 6. The number of hydrogen-bond acceptors (Lipinski definition) is 5. The van der Waals surface area contributed by atoms with E-state index in [1.165, 1.54) is 5.56 Å². The van der Waals surface area contributed by atoms with Gasteiger partial charge in [0.2, 0.25) is 5.88 Å². The number of aromatic nitrogens is 1. The fraction of sp³-hybridized carbons (Fsp3) is 0.476. The average Bonchev–Trinajstić information content (AvgIpc) is 3.12. The standard InChI is InChI=1S/C21H26N2O3/c1-24-18-7-5-16(6-8-18)14-23-10-11-25-20-13-17(12-19(20)23)15-26-21-4-2-3-9-22-21/h2-9,17,19-20H,10-15H2,1H3/t17-,19+,20+/m0/s1. The molecule has 0 radical (unpaired) electrons. The van der Waals surface area contributed by atoms with E-state index < -0.39 is 0 Å². The van der Waals surface area contributed by atoms with Gasteiger partial charge in [-0.05, 0) is 42.5 Å². The zero-order valence-electron chi connectivity index (χ0n) is 15.2. The third kappa shape index (κ3) is 4.00. The van der Waals surface area contributed by atoms with Gasteiger partial charge < -0.3 is 14.2 Å². The molecular weight excluding hydrogens is 328 g/mol. The van der Waals surface area contributed by atoms with Crippen LogP contribution in [0.4, 0.5) is 0 Å². The van der Waals surface area contributed by atoms with Crippen LogP contribution in [-0.4, -0.2) is 48.9 Å². The van der Waals surface area contributed by atoms with Gasteiger partial charge in [-0.1, -0.05) is 18.2 Å². The molecule has 138 valence electrons. The zero-order chi connectivity index (χ0) is 17.8. The molecule has 2 heterocycles. The lowest BCUT2D eigenvalue weighted by Crippen LogP contribution is -2.47. The molecule has 0 unspecified atom stereocenters. The highest BCUT2D eigenvalue weighted by Crippen LogP contribution is 2.35. The molecule has 5 nitrogen and oxygen atoms in total. The summed E-state index contributed by atoms with van der Waals surface area (Å²) >= 11 is 0. The SMILES string of the molecule is COc1ccc(CN2CCO[C@@H]3C[C@@H](COc4ccccn4)C[C@H]32)cc1. The van der Waals surface area contributed by atoms with Crippen LogP contribution in [0.2, 0.25) is 0 Å². The number of methoxy groups -OCH3 is 1. The largest absolute Gasteiger partial charge is 0.497 e. The highest BCUT2D eigenvalue weighted by atomic mass is 16.5. The molecular formula is C21H26N2O3. The summed E-state index contributed by atoms with van der Waals surface area (Å²) in [6, 6.07) is 14.6. The van der Waals surface area contributed by atoms with Crippen molar-refractivity contribution in [1.82, 2.24) is 9.88 Å². The normalized spacial score (nSPS) is 25.7. The molecule has 1 aromatic carbocycles. The van der Waals surface area contributed by atoms with Crippen LogP contribution in [0, 0.1) is 5.92 Å². The van der Waals surface area contributed by atoms with E-state index in [4.69, 9.17) is 14.2 Å². The monoisotopic (exact) mass is 354 g/mol. The molecule has 0 bridgehead atoms. The molecule has 26 heavy (non-hydrogen) atoms. The van der Waals surface area contributed by atoms with Gasteiger partial charge in [-0.3, -0.25) is 4.90 Å². The first kappa shape index (κ1) is 17.3. The summed E-state index contributed by atoms with van der Waals surface area (Å²) in [7, 11) is 1.70. The van der Waals surface area contributed by atoms with Gasteiger partial charge in [-0.2, -0.15) is 0 Å². The van der Waals surface area contributed by atoms with Crippen LogP contribution < -0.4 is 9.47 Å². The van der Waals surface area contributed by atoms with E-state index >= 15 is 0 Å². The van der Waals surface area contributed by atoms with E-state index in [1.807, 2.05) is 30.3 Å². The molecule has 0 N–H and O–H groups in total. The third-order valence-corrected chi connectivity index (χ3v) is 5.40. The summed E-state index contributed by atoms with van der Waals surface area (Å²) in [5.74, 6) is 2.13. The second-order valence-corrected chi connectivity index (χ2v) is 7.11. The van der Waals surface area contributed by atoms with Crippen molar-refractivity contribution in [2.45, 2.75) is 31.5 Å². The summed E-state index contributed by atoms with van der Waals surface area (Å²) in [5, 5.41) is 0. The van der Waals surface area contributed by atoms with Crippen LogP contribution >= 0.6 is 0 Å². The first-order chi connectivity index (χ1) is 12.8. The summed E-state index contributed by atoms with van der Waals surface area (Å²) in [6.45, 7) is 3.47. The molecule has 5 heteroatoms. The highest BCUT2D eigenvalue weighted by molar-refractivity contribution is 5.27. The minimum absolute atomic E-state index is 0.319. The lowest BCUT2D eigenvalue weighted by molar-refractivity contribution is -0.0590. The number of fused-ring (bicyclic) bond motifs is 1. The van der Waals surface area contributed by atoms with Crippen molar-refractivity contribution < 1.29 is 14.2 Å². The van der Waals surface area contributed by atoms with Gasteiger partial charge in [0, 0.05) is 31.4 Å². The topological polar surface area (TPSA) is 43.8 Å². The highest BCUT2D eigenvalue weighted by Gasteiger charge is 2.41. The number of ether oxygens (including phenoxy) is 3. The van der Waals surface area contributed by atoms with Crippen LogP contribution in [0.3, 0.4) is 0 Å². The van der Waals surface area contributed by atoms with Gasteiger partial charge in [0.05, 0.1) is 26.4 Å². The number of morpholine rings is 1. The van der Waals surface area contributed by atoms with Gasteiger partial charge in [0.1, 0.15) is 5.75 Å². The predicted octanol–water partition coefficient (Wildman–Crippen LogP) is 3.15. The molecule has 1 saturated heterocycles. The Hall–Kier alpha value is -2.11. The Morgan fingerprint density at radius 3 is 2.81 bits per heavy atom. The number of pyridine rings is 1. The number of nitrogens with zero attached hydrogens (tertiary/aromatic N) is 2. The lowest BCUT2D eigenvalue weighted by atomic mass is 10.1. The molecule has 1 aliphatic carbocycles. The van der Waals surface area contributed by atoms with E-state index in [1.54, 1.807) is 13.3 Å². The van der Waals surface area contributed by atoms with Crippen LogP contribution in [-0.2, 0) is 11.3 Å². The number of hydrogen-bond donors (Lipinski definition) is 0. The fourth-order valence-corrected chi connectivity index (χ4v) is 4.06. The summed E-state index contributed by atoms with van der Waals surface area (Å²) < 4.78 is 17.2. The Morgan fingerprint density at radius 2 is 2.04 bits per heavy atom. The molecule has 0 spiro atoms. The molecule has 2 aromatic rings. The van der Waals surface area contributed by atoms with E-state index in [-0.39, 0.29) is 0 Å². The van der Waals surface area contributed by atoms with Crippen molar-refractivity contribution in [3.05, 3.63) is 54.2 Å². The van der Waals surface area contributed by atoms with Gasteiger partial charge in [-0.15, -0.1) is 0 Å². The molecule has 1 saturated carbocycles. The molecule has 0 amide bonds. The van der Waals surface area contributed by atoms with Crippen molar-refractivity contribution in [1.29, 1.82) is 0 Å². The summed E-state index contributed by atoms with van der Waals surface area (Å²) in [5.41, 5.74) is 1.32. The van der Waals surface area contributed by atoms with Crippen LogP contribution in [0.25, 0.3) is 0 Å². The van der Waals surface area contributed by atoms with Crippen LogP contribution in [0.15, 0.2) is 48.7 Å². The van der Waals surface area contributed by atoms with E-state index in [0.717, 1.165) is 38.3 Å². The Bertz CT molecular complexity index is 692. The Morgan fingerprint density at radius 1 is 1.15 bits per heavy atom. The second kappa shape index (κ2) is 8.06. The Kier molecular flexibility index (Phi) is 5.37. The van der Waals surface area contributed by atoms with Gasteiger partial charge in [0.25, 0.3) is 0 Å². The molecule has 2 aliphatic rings. The summed E-state index contributed by atoms with van der Waals surface area (Å²) in [4.78, 5) is 6.81. The van der Waals surface area contributed by atoms with Gasteiger partial charge in [0.15, 0.2) is 0 Å². The number of benzene rings is 1. The van der Waals surface area contributed by atoms with Crippen molar-refractivity contribution in [3.63, 3.8) is 0 Å². The van der Waals surface area contributed by atoms with Crippen molar-refractivity contribution in [2.75, 3.05) is 26.9 Å². The quantitative estimate of drug-likeness (QED) is 0.797. The minimum atomic E-state index is 0.319. The molecule has 4 rings (SSSR count). The Balaban J connectivity index is 1.35. The maximum absolute atomic E-state index is 6.06. The summed E-state index contributed by atoms with van der Waals surface area (Å²) in [6.07, 6.45) is 4.27. The first-order valence-electron chi connectivity index (χ1n) is 9.34. The van der Waals surface area contributed by atoms with E-state index in [0.29, 0.717) is 30.6 Å². The minimum Gasteiger partial charge on any atom is -0.497 e. The van der Waals surface area contributed by atoms with Crippen molar-refractivity contribution in [3.8, 4) is 11.6 Å². The molecule has 1 aromatic heterocycles. The van der Waals surface area contributed by atoms with Crippen molar-refractivity contribution in [2.24, 2.45) is 5.92 Å². The Labute approximate surface area is 154 Å². The zero-order valence-corrected chi connectivity index (χ0v) is 15.2. The maximum atomic E-state index is 6.06. The smallest absolute Gasteiger partial charge is 0.213 e. The third-order valence-electron chi connectivity index (χ3n) is 5.40. The predicted molar refractivity (Wildman–Crippen MR) is 99.4 cm³/mol. The van der Waals surface area contributed by atoms with Crippen molar-refractivity contribution >= 4 is 0 Å². The molecule has 2 fully saturated rings. The lowest BCUT2D eigenvalue weighted by Gasteiger charge is -2.37. The molecule has 1 aliphatic heterocycles. The van der Waals surface area contributed by atoms with Crippen LogP contribution in [0.5, 0.6) is 11.6 Å². The van der Waals surface area contributed by atoms with Gasteiger partial charge in [-0.25, -0.2) is 4.98 Å².